The zero-order chi connectivity index (χ0) is 13.0. The molecule has 0 bridgehead atoms. The van der Waals surface area contributed by atoms with Crippen molar-refractivity contribution in [2.45, 2.75) is 20.3 Å². The Morgan fingerprint density at radius 1 is 1.53 bits per heavy atom. The van der Waals surface area contributed by atoms with E-state index in [1.807, 2.05) is 19.0 Å². The van der Waals surface area contributed by atoms with Gasteiger partial charge in [0.25, 0.3) is 5.91 Å². The molecule has 17 heavy (non-hydrogen) atoms. The van der Waals surface area contributed by atoms with Gasteiger partial charge < -0.3 is 16.0 Å². The van der Waals surface area contributed by atoms with E-state index in [9.17, 15) is 4.79 Å². The van der Waals surface area contributed by atoms with Crippen LogP contribution in [0.5, 0.6) is 0 Å². The summed E-state index contributed by atoms with van der Waals surface area (Å²) in [6, 6.07) is 0. The van der Waals surface area contributed by atoms with E-state index in [1.165, 1.54) is 11.3 Å². The molecule has 0 unspecified atom stereocenters. The van der Waals surface area contributed by atoms with Crippen LogP contribution >= 0.6 is 11.3 Å². The minimum Gasteiger partial charge on any atom is -0.382 e. The fraction of sp³-hybridized carbons (Fsp3) is 0.636. The molecule has 1 rings (SSSR count). The molecule has 0 spiro atoms. The number of nitrogens with zero attached hydrogens (tertiary/aromatic N) is 2. The number of amides is 1. The first-order valence-corrected chi connectivity index (χ1v) is 6.45. The molecule has 1 heterocycles. The second kappa shape index (κ2) is 5.86. The lowest BCUT2D eigenvalue weighted by Gasteiger charge is -2.06. The molecule has 6 heteroatoms. The van der Waals surface area contributed by atoms with Crippen molar-refractivity contribution in [3.8, 4) is 0 Å². The fourth-order valence-corrected chi connectivity index (χ4v) is 2.05. The van der Waals surface area contributed by atoms with Gasteiger partial charge in [-0.1, -0.05) is 25.2 Å². The van der Waals surface area contributed by atoms with Gasteiger partial charge >= 0.3 is 0 Å². The van der Waals surface area contributed by atoms with Crippen LogP contribution in [-0.4, -0.2) is 31.5 Å². The van der Waals surface area contributed by atoms with Crippen LogP contribution in [0.15, 0.2) is 0 Å². The van der Waals surface area contributed by atoms with Gasteiger partial charge in [-0.15, -0.1) is 0 Å². The number of anilines is 2. The number of carbonyl (C=O) groups excluding carboxylic acids is 1. The molecule has 0 aliphatic rings. The lowest BCUT2D eigenvalue weighted by Crippen LogP contribution is -2.25. The third-order valence-electron chi connectivity index (χ3n) is 2.24. The Kier molecular flexibility index (Phi) is 4.74. The monoisotopic (exact) mass is 256 g/mol. The first-order valence-electron chi connectivity index (χ1n) is 5.63. The summed E-state index contributed by atoms with van der Waals surface area (Å²) in [7, 11) is 3.75. The molecular formula is C11H20N4OS. The van der Waals surface area contributed by atoms with Gasteiger partial charge in [-0.2, -0.15) is 0 Å². The van der Waals surface area contributed by atoms with Gasteiger partial charge in [-0.25, -0.2) is 4.98 Å². The van der Waals surface area contributed by atoms with Crippen molar-refractivity contribution >= 4 is 28.2 Å². The van der Waals surface area contributed by atoms with Gasteiger partial charge in [0, 0.05) is 20.6 Å². The summed E-state index contributed by atoms with van der Waals surface area (Å²) in [6.07, 6.45) is 0.963. The predicted octanol–water partition coefficient (Wildman–Crippen LogP) is 1.57. The second-order valence-electron chi connectivity index (χ2n) is 4.54. The highest BCUT2D eigenvalue weighted by atomic mass is 32.1. The molecular weight excluding hydrogens is 236 g/mol. The van der Waals surface area contributed by atoms with E-state index in [1.54, 1.807) is 0 Å². The molecule has 0 aliphatic heterocycles. The quantitative estimate of drug-likeness (QED) is 0.839. The summed E-state index contributed by atoms with van der Waals surface area (Å²) in [5, 5.41) is 3.60. The largest absolute Gasteiger partial charge is 0.382 e. The minimum atomic E-state index is -0.131. The predicted molar refractivity (Wildman–Crippen MR) is 72.6 cm³/mol. The van der Waals surface area contributed by atoms with E-state index in [4.69, 9.17) is 5.73 Å². The summed E-state index contributed by atoms with van der Waals surface area (Å²) in [4.78, 5) is 18.3. The Bertz CT molecular complexity index is 387. The van der Waals surface area contributed by atoms with Gasteiger partial charge in [0.05, 0.1) is 0 Å². The Morgan fingerprint density at radius 2 is 2.18 bits per heavy atom. The van der Waals surface area contributed by atoms with E-state index < -0.39 is 0 Å². The zero-order valence-corrected chi connectivity index (χ0v) is 11.6. The minimum absolute atomic E-state index is 0.131. The first-order chi connectivity index (χ1) is 7.91. The second-order valence-corrected chi connectivity index (χ2v) is 5.52. The molecule has 0 radical (unpaired) electrons. The number of thiazole rings is 1. The number of hydrogen-bond donors (Lipinski definition) is 2. The van der Waals surface area contributed by atoms with Gasteiger partial charge in [0.1, 0.15) is 10.7 Å². The molecule has 5 nitrogen and oxygen atoms in total. The van der Waals surface area contributed by atoms with E-state index in [-0.39, 0.29) is 5.91 Å². The van der Waals surface area contributed by atoms with E-state index in [0.29, 0.717) is 23.2 Å². The molecule has 1 aromatic rings. The zero-order valence-electron chi connectivity index (χ0n) is 10.8. The summed E-state index contributed by atoms with van der Waals surface area (Å²) in [5.41, 5.74) is 5.72. The van der Waals surface area contributed by atoms with Crippen LogP contribution in [0.2, 0.25) is 0 Å². The molecule has 0 fully saturated rings. The SMILES string of the molecule is CC(C)CCNC(=O)c1sc(N(C)C)nc1N. The van der Waals surface area contributed by atoms with Crippen molar-refractivity contribution in [2.24, 2.45) is 5.92 Å². The molecule has 0 saturated carbocycles. The van der Waals surface area contributed by atoms with Crippen molar-refractivity contribution in [1.29, 1.82) is 0 Å². The third kappa shape index (κ3) is 3.89. The Morgan fingerprint density at radius 3 is 2.65 bits per heavy atom. The molecule has 0 saturated heterocycles. The van der Waals surface area contributed by atoms with Gasteiger partial charge in [0.15, 0.2) is 5.13 Å². The summed E-state index contributed by atoms with van der Waals surface area (Å²) < 4.78 is 0. The number of carbonyl (C=O) groups is 1. The van der Waals surface area contributed by atoms with Crippen LogP contribution < -0.4 is 16.0 Å². The lowest BCUT2D eigenvalue weighted by atomic mass is 10.1. The number of aromatic nitrogens is 1. The van der Waals surface area contributed by atoms with Crippen molar-refractivity contribution in [2.75, 3.05) is 31.3 Å². The Hall–Kier alpha value is -1.30. The number of hydrogen-bond acceptors (Lipinski definition) is 5. The molecule has 96 valence electrons. The number of nitrogens with one attached hydrogen (secondary N) is 1. The molecule has 1 amide bonds. The average molecular weight is 256 g/mol. The number of nitrogen functional groups attached to an aromatic ring is 1. The molecule has 0 atom stereocenters. The molecule has 0 aliphatic carbocycles. The van der Waals surface area contributed by atoms with Crippen molar-refractivity contribution in [3.63, 3.8) is 0 Å². The smallest absolute Gasteiger partial charge is 0.265 e. The van der Waals surface area contributed by atoms with E-state index in [2.05, 4.69) is 24.1 Å². The van der Waals surface area contributed by atoms with Crippen LogP contribution in [0, 0.1) is 5.92 Å². The summed E-state index contributed by atoms with van der Waals surface area (Å²) >= 11 is 1.31. The Labute approximate surface area is 106 Å². The van der Waals surface area contributed by atoms with Gasteiger partial charge in [-0.05, 0) is 12.3 Å². The summed E-state index contributed by atoms with van der Waals surface area (Å²) in [6.45, 7) is 4.92. The highest BCUT2D eigenvalue weighted by Gasteiger charge is 2.16. The number of rotatable bonds is 5. The lowest BCUT2D eigenvalue weighted by molar-refractivity contribution is 0.0956. The Balaban J connectivity index is 2.62. The van der Waals surface area contributed by atoms with Crippen LogP contribution in [0.25, 0.3) is 0 Å². The van der Waals surface area contributed by atoms with Crippen molar-refractivity contribution in [3.05, 3.63) is 4.88 Å². The van der Waals surface area contributed by atoms with Crippen LogP contribution in [0.1, 0.15) is 29.9 Å². The first kappa shape index (κ1) is 13.8. The van der Waals surface area contributed by atoms with Gasteiger partial charge in [-0.3, -0.25) is 4.79 Å². The van der Waals surface area contributed by atoms with Crippen LogP contribution in [0.3, 0.4) is 0 Å². The van der Waals surface area contributed by atoms with Crippen molar-refractivity contribution < 1.29 is 4.79 Å². The van der Waals surface area contributed by atoms with Crippen LogP contribution in [0.4, 0.5) is 10.9 Å². The third-order valence-corrected chi connectivity index (χ3v) is 3.48. The maximum atomic E-state index is 11.8. The maximum Gasteiger partial charge on any atom is 0.265 e. The topological polar surface area (TPSA) is 71.2 Å². The molecule has 1 aromatic heterocycles. The summed E-state index contributed by atoms with van der Waals surface area (Å²) in [5.74, 6) is 0.751. The van der Waals surface area contributed by atoms with Gasteiger partial charge in [0.2, 0.25) is 0 Å². The molecule has 0 aromatic carbocycles. The molecule has 3 N–H and O–H groups in total. The van der Waals surface area contributed by atoms with Crippen LogP contribution in [-0.2, 0) is 0 Å². The standard InChI is InChI=1S/C11H20N4OS/c1-7(2)5-6-13-10(16)8-9(12)14-11(17-8)15(3)4/h7H,5-6,12H2,1-4H3,(H,13,16). The average Bonchev–Trinajstić information content (AvgIpc) is 2.59. The normalized spacial score (nSPS) is 10.6. The highest BCUT2D eigenvalue weighted by Crippen LogP contribution is 2.26. The van der Waals surface area contributed by atoms with E-state index in [0.717, 1.165) is 11.6 Å². The van der Waals surface area contributed by atoms with E-state index >= 15 is 0 Å². The number of nitrogens with two attached hydrogens (primary N) is 1. The highest BCUT2D eigenvalue weighted by molar-refractivity contribution is 7.18. The fourth-order valence-electron chi connectivity index (χ4n) is 1.23. The van der Waals surface area contributed by atoms with Crippen molar-refractivity contribution in [1.82, 2.24) is 10.3 Å². The maximum absolute atomic E-state index is 11.8.